The van der Waals surface area contributed by atoms with Gasteiger partial charge in [0.2, 0.25) is 11.8 Å². The van der Waals surface area contributed by atoms with E-state index in [0.29, 0.717) is 0 Å². The van der Waals surface area contributed by atoms with Crippen LogP contribution in [0.25, 0.3) is 0 Å². The fourth-order valence-electron chi connectivity index (χ4n) is 2.50. The zero-order chi connectivity index (χ0) is 17.7. The van der Waals surface area contributed by atoms with E-state index in [2.05, 4.69) is 5.32 Å². The summed E-state index contributed by atoms with van der Waals surface area (Å²) in [4.78, 5) is 25.2. The van der Waals surface area contributed by atoms with Crippen molar-refractivity contribution in [3.8, 4) is 0 Å². The lowest BCUT2D eigenvalue weighted by Gasteiger charge is -2.21. The average molecular weight is 328 g/mol. The minimum Gasteiger partial charge on any atom is -0.326 e. The van der Waals surface area contributed by atoms with Gasteiger partial charge in [0.25, 0.3) is 0 Å². The van der Waals surface area contributed by atoms with Crippen molar-refractivity contribution in [1.82, 2.24) is 0 Å². The molecular weight excluding hydrogens is 307 g/mol. The van der Waals surface area contributed by atoms with Gasteiger partial charge in [0.15, 0.2) is 0 Å². The third-order valence-corrected chi connectivity index (χ3v) is 3.74. The quantitative estimate of drug-likeness (QED) is 0.907. The van der Waals surface area contributed by atoms with Gasteiger partial charge in [0.05, 0.1) is 5.69 Å². The minimum absolute atomic E-state index is 0.0846. The molecule has 0 saturated heterocycles. The van der Waals surface area contributed by atoms with Gasteiger partial charge in [-0.25, -0.2) is 4.39 Å². The number of nitrogens with zero attached hydrogens (tertiary/aromatic N) is 1. The van der Waals surface area contributed by atoms with Gasteiger partial charge in [-0.1, -0.05) is 29.8 Å². The molecule has 0 unspecified atom stereocenters. The Labute approximate surface area is 141 Å². The number of rotatable bonds is 5. The van der Waals surface area contributed by atoms with Gasteiger partial charge in [-0.2, -0.15) is 0 Å². The molecule has 0 bridgehead atoms. The molecule has 4 nitrogen and oxygen atoms in total. The predicted molar refractivity (Wildman–Crippen MR) is 93.6 cm³/mol. The lowest BCUT2D eigenvalue weighted by atomic mass is 10.1. The van der Waals surface area contributed by atoms with Gasteiger partial charge in [-0.05, 0) is 37.6 Å². The van der Waals surface area contributed by atoms with Crippen LogP contribution in [0.15, 0.2) is 42.5 Å². The first-order valence-electron chi connectivity index (χ1n) is 7.78. The fraction of sp³-hybridized carbons (Fsp3) is 0.263. The predicted octanol–water partition coefficient (Wildman–Crippen LogP) is 3.82. The average Bonchev–Trinajstić information content (AvgIpc) is 2.51. The Morgan fingerprint density at radius 3 is 2.46 bits per heavy atom. The molecule has 0 saturated carbocycles. The molecule has 2 rings (SSSR count). The maximum Gasteiger partial charge on any atom is 0.226 e. The smallest absolute Gasteiger partial charge is 0.226 e. The SMILES string of the molecule is CC(=O)N(CCC(=O)Nc1ccc(C)cc1C)c1ccccc1F. The highest BCUT2D eigenvalue weighted by molar-refractivity contribution is 5.95. The number of anilines is 2. The Morgan fingerprint density at radius 2 is 1.83 bits per heavy atom. The fourth-order valence-corrected chi connectivity index (χ4v) is 2.50. The second-order valence-electron chi connectivity index (χ2n) is 5.74. The summed E-state index contributed by atoms with van der Waals surface area (Å²) in [6, 6.07) is 11.8. The van der Waals surface area contributed by atoms with Crippen LogP contribution in [0.2, 0.25) is 0 Å². The number of amides is 2. The van der Waals surface area contributed by atoms with E-state index in [-0.39, 0.29) is 30.5 Å². The number of carbonyl (C=O) groups is 2. The molecule has 5 heteroatoms. The first kappa shape index (κ1) is 17.7. The molecule has 0 heterocycles. The standard InChI is InChI=1S/C19H21FN2O2/c1-13-8-9-17(14(2)12-13)21-19(24)10-11-22(15(3)23)18-7-5-4-6-16(18)20/h4-9,12H,10-11H2,1-3H3,(H,21,24). The van der Waals surface area contributed by atoms with Crippen molar-refractivity contribution < 1.29 is 14.0 Å². The van der Waals surface area contributed by atoms with Gasteiger partial charge in [0.1, 0.15) is 5.82 Å². The molecular formula is C19H21FN2O2. The topological polar surface area (TPSA) is 49.4 Å². The Balaban J connectivity index is 2.03. The van der Waals surface area contributed by atoms with Crippen molar-refractivity contribution in [1.29, 1.82) is 0 Å². The highest BCUT2D eigenvalue weighted by Crippen LogP contribution is 2.20. The summed E-state index contributed by atoms with van der Waals surface area (Å²) >= 11 is 0. The summed E-state index contributed by atoms with van der Waals surface area (Å²) < 4.78 is 13.9. The van der Waals surface area contributed by atoms with Crippen LogP contribution in [0.1, 0.15) is 24.5 Å². The molecule has 0 aliphatic heterocycles. The summed E-state index contributed by atoms with van der Waals surface area (Å²) in [5.74, 6) is -1.01. The largest absolute Gasteiger partial charge is 0.326 e. The first-order valence-corrected chi connectivity index (χ1v) is 7.78. The molecule has 0 radical (unpaired) electrons. The number of benzene rings is 2. The van der Waals surface area contributed by atoms with Crippen LogP contribution >= 0.6 is 0 Å². The Morgan fingerprint density at radius 1 is 1.12 bits per heavy atom. The number of halogens is 1. The Bertz CT molecular complexity index is 759. The van der Waals surface area contributed by atoms with E-state index in [1.807, 2.05) is 32.0 Å². The van der Waals surface area contributed by atoms with Crippen molar-refractivity contribution in [2.75, 3.05) is 16.8 Å². The summed E-state index contributed by atoms with van der Waals surface area (Å²) in [7, 11) is 0. The summed E-state index contributed by atoms with van der Waals surface area (Å²) in [6.45, 7) is 5.38. The molecule has 2 amide bonds. The summed E-state index contributed by atoms with van der Waals surface area (Å²) in [5, 5.41) is 2.83. The van der Waals surface area contributed by atoms with Crippen molar-refractivity contribution in [2.45, 2.75) is 27.2 Å². The summed E-state index contributed by atoms with van der Waals surface area (Å²) in [6.07, 6.45) is 0.0846. The number of hydrogen-bond donors (Lipinski definition) is 1. The van der Waals surface area contributed by atoms with Gasteiger partial charge in [-0.15, -0.1) is 0 Å². The van der Waals surface area contributed by atoms with Crippen LogP contribution in [0.4, 0.5) is 15.8 Å². The van der Waals surface area contributed by atoms with Crippen LogP contribution in [-0.2, 0) is 9.59 Å². The van der Waals surface area contributed by atoms with Gasteiger partial charge in [-0.3, -0.25) is 9.59 Å². The molecule has 0 spiro atoms. The van der Waals surface area contributed by atoms with E-state index in [1.165, 1.54) is 24.0 Å². The lowest BCUT2D eigenvalue weighted by Crippen LogP contribution is -2.32. The Kier molecular flexibility index (Phi) is 5.68. The molecule has 0 aromatic heterocycles. The van der Waals surface area contributed by atoms with E-state index in [4.69, 9.17) is 0 Å². The maximum atomic E-state index is 13.9. The zero-order valence-corrected chi connectivity index (χ0v) is 14.1. The second kappa shape index (κ2) is 7.73. The van der Waals surface area contributed by atoms with Crippen molar-refractivity contribution in [3.63, 3.8) is 0 Å². The number of hydrogen-bond acceptors (Lipinski definition) is 2. The highest BCUT2D eigenvalue weighted by Gasteiger charge is 2.16. The molecule has 0 fully saturated rings. The molecule has 0 atom stereocenters. The number of aryl methyl sites for hydroxylation is 2. The number of nitrogens with one attached hydrogen (secondary N) is 1. The third-order valence-electron chi connectivity index (χ3n) is 3.74. The summed E-state index contributed by atoms with van der Waals surface area (Å²) in [5.41, 5.74) is 3.02. The van der Waals surface area contributed by atoms with Crippen LogP contribution in [0, 0.1) is 19.7 Å². The third kappa shape index (κ3) is 4.41. The van der Waals surface area contributed by atoms with E-state index < -0.39 is 5.82 Å². The van der Waals surface area contributed by atoms with Crippen LogP contribution in [0.3, 0.4) is 0 Å². The van der Waals surface area contributed by atoms with Gasteiger partial charge >= 0.3 is 0 Å². The first-order chi connectivity index (χ1) is 11.4. The monoisotopic (exact) mass is 328 g/mol. The lowest BCUT2D eigenvalue weighted by molar-refractivity contribution is -0.117. The van der Waals surface area contributed by atoms with Gasteiger partial charge < -0.3 is 10.2 Å². The van der Waals surface area contributed by atoms with E-state index in [1.54, 1.807) is 12.1 Å². The molecule has 2 aromatic rings. The number of carbonyl (C=O) groups excluding carboxylic acids is 2. The van der Waals surface area contributed by atoms with Crippen molar-refractivity contribution in [2.24, 2.45) is 0 Å². The van der Waals surface area contributed by atoms with Crippen LogP contribution in [0.5, 0.6) is 0 Å². The Hall–Kier alpha value is -2.69. The maximum absolute atomic E-state index is 13.9. The van der Waals surface area contributed by atoms with E-state index >= 15 is 0 Å². The molecule has 126 valence electrons. The second-order valence-corrected chi connectivity index (χ2v) is 5.74. The van der Waals surface area contributed by atoms with Gasteiger partial charge in [0, 0.05) is 25.6 Å². The molecule has 0 aliphatic carbocycles. The zero-order valence-electron chi connectivity index (χ0n) is 14.1. The van der Waals surface area contributed by atoms with Crippen LogP contribution in [-0.4, -0.2) is 18.4 Å². The highest BCUT2D eigenvalue weighted by atomic mass is 19.1. The van der Waals surface area contributed by atoms with E-state index in [0.717, 1.165) is 16.8 Å². The molecule has 24 heavy (non-hydrogen) atoms. The van der Waals surface area contributed by atoms with Crippen molar-refractivity contribution in [3.05, 3.63) is 59.4 Å². The minimum atomic E-state index is -0.484. The van der Waals surface area contributed by atoms with Crippen LogP contribution < -0.4 is 10.2 Å². The molecule has 1 N–H and O–H groups in total. The number of para-hydroxylation sites is 1. The normalized spacial score (nSPS) is 10.3. The molecule has 0 aliphatic rings. The van der Waals surface area contributed by atoms with Crippen molar-refractivity contribution >= 4 is 23.2 Å². The van der Waals surface area contributed by atoms with E-state index in [9.17, 15) is 14.0 Å². The molecule has 2 aromatic carbocycles.